The highest BCUT2D eigenvalue weighted by molar-refractivity contribution is 7.19. The van der Waals surface area contributed by atoms with Gasteiger partial charge >= 0.3 is 5.97 Å². The van der Waals surface area contributed by atoms with Crippen molar-refractivity contribution in [3.05, 3.63) is 58.9 Å². The zero-order valence-electron chi connectivity index (χ0n) is 14.2. The molecule has 1 N–H and O–H groups in total. The molecule has 0 bridgehead atoms. The Morgan fingerprint density at radius 2 is 2.08 bits per heavy atom. The van der Waals surface area contributed by atoms with Gasteiger partial charge in [0.15, 0.2) is 11.6 Å². The van der Waals surface area contributed by atoms with Gasteiger partial charge in [-0.1, -0.05) is 18.2 Å². The van der Waals surface area contributed by atoms with Crippen molar-refractivity contribution < 1.29 is 19.0 Å². The summed E-state index contributed by atoms with van der Waals surface area (Å²) >= 11 is 1.55. The van der Waals surface area contributed by atoms with Gasteiger partial charge in [-0.15, -0.1) is 11.3 Å². The average Bonchev–Trinajstić information content (AvgIpc) is 3.05. The first kappa shape index (κ1) is 18.1. The van der Waals surface area contributed by atoms with Gasteiger partial charge in [0.1, 0.15) is 5.01 Å². The molecule has 0 spiro atoms. The maximum absolute atomic E-state index is 14.0. The Morgan fingerprint density at radius 3 is 2.77 bits per heavy atom. The Hall–Kier alpha value is -2.73. The minimum Gasteiger partial charge on any atom is -0.494 e. The Labute approximate surface area is 154 Å². The number of fused-ring (bicyclic) bond motifs is 1. The SMILES string of the molecule is COc1ccc(/C=C(\CCCC(=O)O)c2nc3ccccc3s2)cc1F. The fraction of sp³-hybridized carbons (Fsp3) is 0.200. The summed E-state index contributed by atoms with van der Waals surface area (Å²) in [6, 6.07) is 12.6. The van der Waals surface area contributed by atoms with Crippen molar-refractivity contribution in [3.8, 4) is 5.75 Å². The summed E-state index contributed by atoms with van der Waals surface area (Å²) in [5.74, 6) is -1.07. The van der Waals surface area contributed by atoms with Gasteiger partial charge in [-0.2, -0.15) is 0 Å². The van der Waals surface area contributed by atoms with Crippen LogP contribution in [0.1, 0.15) is 29.8 Å². The van der Waals surface area contributed by atoms with Gasteiger partial charge < -0.3 is 9.84 Å². The molecule has 4 nitrogen and oxygen atoms in total. The molecule has 2 aromatic carbocycles. The quantitative estimate of drug-likeness (QED) is 0.617. The zero-order chi connectivity index (χ0) is 18.5. The van der Waals surface area contributed by atoms with Crippen molar-refractivity contribution >= 4 is 39.2 Å². The first-order valence-electron chi connectivity index (χ1n) is 8.18. The summed E-state index contributed by atoms with van der Waals surface area (Å²) in [5.41, 5.74) is 2.49. The van der Waals surface area contributed by atoms with Crippen LogP contribution >= 0.6 is 11.3 Å². The van der Waals surface area contributed by atoms with E-state index >= 15 is 0 Å². The van der Waals surface area contributed by atoms with Crippen molar-refractivity contribution in [3.63, 3.8) is 0 Å². The highest BCUT2D eigenvalue weighted by Crippen LogP contribution is 2.32. The number of nitrogens with zero attached hydrogens (tertiary/aromatic N) is 1. The van der Waals surface area contributed by atoms with Gasteiger partial charge in [0.05, 0.1) is 17.3 Å². The fourth-order valence-corrected chi connectivity index (χ4v) is 3.66. The molecule has 0 aliphatic carbocycles. The van der Waals surface area contributed by atoms with Crippen LogP contribution in [-0.2, 0) is 4.79 Å². The van der Waals surface area contributed by atoms with E-state index in [0.717, 1.165) is 20.8 Å². The second-order valence-electron chi connectivity index (χ2n) is 5.80. The number of ether oxygens (including phenoxy) is 1. The summed E-state index contributed by atoms with van der Waals surface area (Å²) in [6.45, 7) is 0. The molecule has 0 saturated carbocycles. The lowest BCUT2D eigenvalue weighted by molar-refractivity contribution is -0.137. The number of aliphatic carboxylic acids is 1. The average molecular weight is 371 g/mol. The molecule has 0 amide bonds. The topological polar surface area (TPSA) is 59.4 Å². The van der Waals surface area contributed by atoms with Crippen molar-refractivity contribution in [1.82, 2.24) is 4.98 Å². The van der Waals surface area contributed by atoms with Crippen molar-refractivity contribution in [2.75, 3.05) is 7.11 Å². The van der Waals surface area contributed by atoms with Crippen LogP contribution in [0.3, 0.4) is 0 Å². The molecule has 3 aromatic rings. The fourth-order valence-electron chi connectivity index (χ4n) is 2.65. The highest BCUT2D eigenvalue weighted by Gasteiger charge is 2.11. The number of hydrogen-bond acceptors (Lipinski definition) is 4. The summed E-state index contributed by atoms with van der Waals surface area (Å²) in [6.07, 6.45) is 3.00. The molecule has 0 unspecified atom stereocenters. The predicted molar refractivity (Wildman–Crippen MR) is 102 cm³/mol. The number of carboxylic acid groups (broad SMARTS) is 1. The van der Waals surface area contributed by atoms with E-state index in [1.807, 2.05) is 30.3 Å². The number of rotatable bonds is 7. The van der Waals surface area contributed by atoms with Gasteiger partial charge in [0, 0.05) is 6.42 Å². The molecule has 0 saturated heterocycles. The Kier molecular flexibility index (Phi) is 5.63. The maximum Gasteiger partial charge on any atom is 0.303 e. The van der Waals surface area contributed by atoms with E-state index in [0.29, 0.717) is 18.4 Å². The number of carbonyl (C=O) groups is 1. The zero-order valence-corrected chi connectivity index (χ0v) is 15.1. The van der Waals surface area contributed by atoms with Crippen LogP contribution in [0, 0.1) is 5.82 Å². The molecule has 0 aliphatic rings. The van der Waals surface area contributed by atoms with Gasteiger partial charge in [-0.3, -0.25) is 4.79 Å². The molecule has 3 rings (SSSR count). The van der Waals surface area contributed by atoms with Gasteiger partial charge in [0.25, 0.3) is 0 Å². The van der Waals surface area contributed by atoms with E-state index in [4.69, 9.17) is 9.84 Å². The lowest BCUT2D eigenvalue weighted by Gasteiger charge is -2.06. The third kappa shape index (κ3) is 4.26. The molecule has 0 atom stereocenters. The number of halogens is 1. The van der Waals surface area contributed by atoms with Crippen molar-refractivity contribution in [2.45, 2.75) is 19.3 Å². The van der Waals surface area contributed by atoms with Crippen LogP contribution in [0.5, 0.6) is 5.75 Å². The number of benzene rings is 2. The number of carboxylic acids is 1. The van der Waals surface area contributed by atoms with Gasteiger partial charge in [-0.25, -0.2) is 9.37 Å². The van der Waals surface area contributed by atoms with Crippen LogP contribution < -0.4 is 4.74 Å². The molecular weight excluding hydrogens is 353 g/mol. The lowest BCUT2D eigenvalue weighted by Crippen LogP contribution is -1.95. The molecule has 6 heteroatoms. The molecule has 0 fully saturated rings. The number of methoxy groups -OCH3 is 1. The predicted octanol–water partition coefficient (Wildman–Crippen LogP) is 5.24. The van der Waals surface area contributed by atoms with Crippen LogP contribution in [0.25, 0.3) is 21.9 Å². The van der Waals surface area contributed by atoms with Gasteiger partial charge in [0.2, 0.25) is 0 Å². The molecule has 0 radical (unpaired) electrons. The number of hydrogen-bond donors (Lipinski definition) is 1. The molecular formula is C20H18FNO3S. The minimum atomic E-state index is -0.829. The number of para-hydroxylation sites is 1. The summed E-state index contributed by atoms with van der Waals surface area (Å²) in [4.78, 5) is 15.5. The van der Waals surface area contributed by atoms with Crippen LogP contribution in [0.15, 0.2) is 42.5 Å². The normalized spacial score (nSPS) is 11.7. The Bertz CT molecular complexity index is 932. The smallest absolute Gasteiger partial charge is 0.303 e. The largest absolute Gasteiger partial charge is 0.494 e. The molecule has 26 heavy (non-hydrogen) atoms. The monoisotopic (exact) mass is 371 g/mol. The highest BCUT2D eigenvalue weighted by atomic mass is 32.1. The second kappa shape index (κ2) is 8.10. The summed E-state index contributed by atoms with van der Waals surface area (Å²) in [7, 11) is 1.42. The van der Waals surface area contributed by atoms with E-state index in [-0.39, 0.29) is 12.2 Å². The first-order chi connectivity index (χ1) is 12.6. The van der Waals surface area contributed by atoms with E-state index in [2.05, 4.69) is 4.98 Å². The molecule has 1 heterocycles. The number of allylic oxidation sites excluding steroid dienone is 1. The number of aromatic nitrogens is 1. The third-order valence-electron chi connectivity index (χ3n) is 3.92. The third-order valence-corrected chi connectivity index (χ3v) is 5.03. The Morgan fingerprint density at radius 1 is 1.27 bits per heavy atom. The van der Waals surface area contributed by atoms with E-state index in [9.17, 15) is 9.18 Å². The van der Waals surface area contributed by atoms with Crippen LogP contribution in [0.2, 0.25) is 0 Å². The lowest BCUT2D eigenvalue weighted by atomic mass is 10.0. The summed E-state index contributed by atoms with van der Waals surface area (Å²) < 4.78 is 20.0. The number of thiazole rings is 1. The van der Waals surface area contributed by atoms with E-state index < -0.39 is 11.8 Å². The molecule has 134 valence electrons. The summed E-state index contributed by atoms with van der Waals surface area (Å²) in [5, 5.41) is 9.73. The molecule has 1 aromatic heterocycles. The van der Waals surface area contributed by atoms with Gasteiger partial charge in [-0.05, 0) is 54.3 Å². The second-order valence-corrected chi connectivity index (χ2v) is 6.83. The standard InChI is InChI=1S/C20H18FNO3S/c1-25-17-10-9-13(12-15(17)21)11-14(5-4-8-19(23)24)20-22-16-6-2-3-7-18(16)26-20/h2-3,6-7,9-12H,4-5,8H2,1H3,(H,23,24)/b14-11+. The first-order valence-corrected chi connectivity index (χ1v) is 9.00. The Balaban J connectivity index is 1.96. The minimum absolute atomic E-state index is 0.0825. The van der Waals surface area contributed by atoms with E-state index in [1.165, 1.54) is 13.2 Å². The van der Waals surface area contributed by atoms with Crippen molar-refractivity contribution in [1.29, 1.82) is 0 Å². The van der Waals surface area contributed by atoms with Crippen molar-refractivity contribution in [2.24, 2.45) is 0 Å². The maximum atomic E-state index is 14.0. The molecule has 0 aliphatic heterocycles. The van der Waals surface area contributed by atoms with Crippen LogP contribution in [0.4, 0.5) is 4.39 Å². The van der Waals surface area contributed by atoms with E-state index in [1.54, 1.807) is 23.5 Å². The van der Waals surface area contributed by atoms with Crippen LogP contribution in [-0.4, -0.2) is 23.2 Å².